The topological polar surface area (TPSA) is 68.0 Å². The van der Waals surface area contributed by atoms with Crippen molar-refractivity contribution < 1.29 is 9.90 Å². The summed E-state index contributed by atoms with van der Waals surface area (Å²) in [6.45, 7) is 1.84. The van der Waals surface area contributed by atoms with E-state index in [-0.39, 0.29) is 5.56 Å². The summed E-state index contributed by atoms with van der Waals surface area (Å²) in [6.07, 6.45) is 4.64. The lowest BCUT2D eigenvalue weighted by Gasteiger charge is -2.04. The number of carboxylic acids is 1. The highest BCUT2D eigenvalue weighted by atomic mass is 16.4. The van der Waals surface area contributed by atoms with Crippen molar-refractivity contribution in [3.05, 3.63) is 42.0 Å². The SMILES string of the molecule is Cc1ccn(-c2cnccc2C(=O)O)n1. The number of aromatic nitrogens is 3. The molecular weight excluding hydrogens is 194 g/mol. The van der Waals surface area contributed by atoms with E-state index in [1.54, 1.807) is 12.3 Å². The number of hydrogen-bond donors (Lipinski definition) is 1. The summed E-state index contributed by atoms with van der Waals surface area (Å²) in [7, 11) is 0. The highest BCUT2D eigenvalue weighted by molar-refractivity contribution is 5.91. The summed E-state index contributed by atoms with van der Waals surface area (Å²) < 4.78 is 1.51. The van der Waals surface area contributed by atoms with E-state index in [9.17, 15) is 4.79 Å². The van der Waals surface area contributed by atoms with Crippen LogP contribution >= 0.6 is 0 Å². The van der Waals surface area contributed by atoms with E-state index in [4.69, 9.17) is 5.11 Å². The van der Waals surface area contributed by atoms with Gasteiger partial charge in [-0.1, -0.05) is 0 Å². The predicted molar refractivity (Wildman–Crippen MR) is 53.1 cm³/mol. The number of pyridine rings is 1. The van der Waals surface area contributed by atoms with Crippen LogP contribution in [0.2, 0.25) is 0 Å². The van der Waals surface area contributed by atoms with Gasteiger partial charge < -0.3 is 5.11 Å². The van der Waals surface area contributed by atoms with Gasteiger partial charge in [0.05, 0.1) is 23.1 Å². The zero-order valence-corrected chi connectivity index (χ0v) is 8.08. The molecule has 2 aromatic heterocycles. The number of hydrogen-bond acceptors (Lipinski definition) is 3. The van der Waals surface area contributed by atoms with Gasteiger partial charge in [-0.15, -0.1) is 0 Å². The molecule has 5 heteroatoms. The molecule has 2 rings (SSSR count). The van der Waals surface area contributed by atoms with Crippen molar-refractivity contribution in [3.8, 4) is 5.69 Å². The van der Waals surface area contributed by atoms with Gasteiger partial charge in [0, 0.05) is 12.4 Å². The smallest absolute Gasteiger partial charge is 0.338 e. The Hall–Kier alpha value is -2.17. The van der Waals surface area contributed by atoms with Crippen molar-refractivity contribution in [1.29, 1.82) is 0 Å². The van der Waals surface area contributed by atoms with E-state index in [2.05, 4.69) is 10.1 Å². The summed E-state index contributed by atoms with van der Waals surface area (Å²) in [6, 6.07) is 3.26. The number of carbonyl (C=O) groups is 1. The van der Waals surface area contributed by atoms with Crippen molar-refractivity contribution in [2.75, 3.05) is 0 Å². The van der Waals surface area contributed by atoms with E-state index in [1.807, 2.05) is 6.92 Å². The minimum absolute atomic E-state index is 0.188. The average molecular weight is 203 g/mol. The maximum atomic E-state index is 10.9. The maximum absolute atomic E-state index is 10.9. The van der Waals surface area contributed by atoms with Gasteiger partial charge in [0.1, 0.15) is 0 Å². The third kappa shape index (κ3) is 1.71. The first kappa shape index (κ1) is 9.39. The highest BCUT2D eigenvalue weighted by Gasteiger charge is 2.11. The van der Waals surface area contributed by atoms with Crippen LogP contribution < -0.4 is 0 Å². The molecule has 0 fully saturated rings. The molecule has 2 aromatic rings. The molecule has 0 saturated carbocycles. The Morgan fingerprint density at radius 2 is 2.27 bits per heavy atom. The van der Waals surface area contributed by atoms with Crippen LogP contribution in [0.25, 0.3) is 5.69 Å². The maximum Gasteiger partial charge on any atom is 0.338 e. The first-order valence-electron chi connectivity index (χ1n) is 4.38. The molecule has 0 aliphatic heterocycles. The van der Waals surface area contributed by atoms with Crippen molar-refractivity contribution in [2.24, 2.45) is 0 Å². The number of carboxylic acid groups (broad SMARTS) is 1. The number of aromatic carboxylic acids is 1. The summed E-state index contributed by atoms with van der Waals surface area (Å²) in [5.41, 5.74) is 1.49. The lowest BCUT2D eigenvalue weighted by atomic mass is 10.2. The Balaban J connectivity index is 2.57. The van der Waals surface area contributed by atoms with E-state index < -0.39 is 5.97 Å². The van der Waals surface area contributed by atoms with Gasteiger partial charge in [-0.05, 0) is 19.1 Å². The Morgan fingerprint density at radius 1 is 1.47 bits per heavy atom. The molecule has 15 heavy (non-hydrogen) atoms. The minimum Gasteiger partial charge on any atom is -0.478 e. The summed E-state index contributed by atoms with van der Waals surface area (Å²) in [5, 5.41) is 13.1. The van der Waals surface area contributed by atoms with Gasteiger partial charge in [0.2, 0.25) is 0 Å². The Morgan fingerprint density at radius 3 is 2.87 bits per heavy atom. The second-order valence-electron chi connectivity index (χ2n) is 3.10. The molecule has 0 unspecified atom stereocenters. The molecular formula is C10H9N3O2. The second kappa shape index (κ2) is 3.53. The van der Waals surface area contributed by atoms with Crippen LogP contribution in [-0.4, -0.2) is 25.8 Å². The van der Waals surface area contributed by atoms with E-state index in [0.717, 1.165) is 5.69 Å². The van der Waals surface area contributed by atoms with Gasteiger partial charge in [-0.25, -0.2) is 9.48 Å². The third-order valence-corrected chi connectivity index (χ3v) is 2.00. The molecule has 0 aliphatic rings. The molecule has 5 nitrogen and oxygen atoms in total. The van der Waals surface area contributed by atoms with E-state index in [1.165, 1.54) is 23.1 Å². The molecule has 1 N–H and O–H groups in total. The molecule has 0 radical (unpaired) electrons. The molecule has 0 spiro atoms. The van der Waals surface area contributed by atoms with Crippen LogP contribution in [0.4, 0.5) is 0 Å². The third-order valence-electron chi connectivity index (χ3n) is 2.00. The zero-order valence-electron chi connectivity index (χ0n) is 8.08. The number of aryl methyl sites for hydroxylation is 1. The van der Waals surface area contributed by atoms with Gasteiger partial charge in [-0.2, -0.15) is 5.10 Å². The molecule has 0 bridgehead atoms. The quantitative estimate of drug-likeness (QED) is 0.798. The molecule has 0 aliphatic carbocycles. The fourth-order valence-electron chi connectivity index (χ4n) is 1.30. The first-order valence-corrected chi connectivity index (χ1v) is 4.38. The minimum atomic E-state index is -0.986. The van der Waals surface area contributed by atoms with Crippen LogP contribution in [-0.2, 0) is 0 Å². The molecule has 0 saturated heterocycles. The van der Waals surface area contributed by atoms with E-state index >= 15 is 0 Å². The summed E-state index contributed by atoms with van der Waals surface area (Å²) in [5.74, 6) is -0.986. The molecule has 0 aromatic carbocycles. The van der Waals surface area contributed by atoms with Gasteiger partial charge >= 0.3 is 5.97 Å². The molecule has 76 valence electrons. The summed E-state index contributed by atoms with van der Waals surface area (Å²) >= 11 is 0. The van der Waals surface area contributed by atoms with Crippen molar-refractivity contribution in [1.82, 2.24) is 14.8 Å². The largest absolute Gasteiger partial charge is 0.478 e. The van der Waals surface area contributed by atoms with Gasteiger partial charge in [0.25, 0.3) is 0 Å². The average Bonchev–Trinajstić information content (AvgIpc) is 2.65. The zero-order chi connectivity index (χ0) is 10.8. The number of nitrogens with zero attached hydrogens (tertiary/aromatic N) is 3. The van der Waals surface area contributed by atoms with Crippen LogP contribution in [0.5, 0.6) is 0 Å². The molecule has 0 amide bonds. The molecule has 2 heterocycles. The van der Waals surface area contributed by atoms with Crippen LogP contribution in [0, 0.1) is 6.92 Å². The lowest BCUT2D eigenvalue weighted by molar-refractivity contribution is 0.0696. The fourth-order valence-corrected chi connectivity index (χ4v) is 1.30. The summed E-state index contributed by atoms with van der Waals surface area (Å²) in [4.78, 5) is 14.8. The first-order chi connectivity index (χ1) is 7.18. The normalized spacial score (nSPS) is 10.2. The van der Waals surface area contributed by atoms with Gasteiger partial charge in [-0.3, -0.25) is 4.98 Å². The van der Waals surface area contributed by atoms with Crippen molar-refractivity contribution in [2.45, 2.75) is 6.92 Å². The predicted octanol–water partition coefficient (Wildman–Crippen LogP) is 1.27. The monoisotopic (exact) mass is 203 g/mol. The van der Waals surface area contributed by atoms with Crippen molar-refractivity contribution in [3.63, 3.8) is 0 Å². The van der Waals surface area contributed by atoms with Crippen LogP contribution in [0.3, 0.4) is 0 Å². The highest BCUT2D eigenvalue weighted by Crippen LogP contribution is 2.12. The Bertz CT molecular complexity index is 505. The van der Waals surface area contributed by atoms with E-state index in [0.29, 0.717) is 5.69 Å². The van der Waals surface area contributed by atoms with Crippen LogP contribution in [0.15, 0.2) is 30.7 Å². The van der Waals surface area contributed by atoms with Crippen LogP contribution in [0.1, 0.15) is 16.1 Å². The lowest BCUT2D eigenvalue weighted by Crippen LogP contribution is -2.06. The number of rotatable bonds is 2. The standard InChI is InChI=1S/C10H9N3O2/c1-7-3-5-13(12-7)9-6-11-4-2-8(9)10(14)15/h2-6H,1H3,(H,14,15). The van der Waals surface area contributed by atoms with Crippen molar-refractivity contribution >= 4 is 5.97 Å². The fraction of sp³-hybridized carbons (Fsp3) is 0.100. The Labute approximate surface area is 86.0 Å². The van der Waals surface area contributed by atoms with Gasteiger partial charge in [0.15, 0.2) is 0 Å². The Kier molecular flexibility index (Phi) is 2.21. The molecule has 0 atom stereocenters. The second-order valence-corrected chi connectivity index (χ2v) is 3.10.